The second-order valence-corrected chi connectivity index (χ2v) is 7.90. The van der Waals surface area contributed by atoms with Crippen molar-refractivity contribution < 1.29 is 9.53 Å². The highest BCUT2D eigenvalue weighted by atomic mass is 32.1. The van der Waals surface area contributed by atoms with Gasteiger partial charge < -0.3 is 15.4 Å². The van der Waals surface area contributed by atoms with Crippen molar-refractivity contribution in [2.45, 2.75) is 19.8 Å². The number of fused-ring (bicyclic) bond motifs is 1. The van der Waals surface area contributed by atoms with Crippen molar-refractivity contribution in [1.82, 2.24) is 4.98 Å². The summed E-state index contributed by atoms with van der Waals surface area (Å²) in [5, 5.41) is 6.65. The summed E-state index contributed by atoms with van der Waals surface area (Å²) in [5.74, 6) is 0.805. The number of urea groups is 1. The zero-order valence-electron chi connectivity index (χ0n) is 16.7. The number of hydrogen-bond acceptors (Lipinski definition) is 4. The zero-order valence-corrected chi connectivity index (χ0v) is 17.5. The lowest BCUT2D eigenvalue weighted by Crippen LogP contribution is -2.19. The maximum absolute atomic E-state index is 12.3. The van der Waals surface area contributed by atoms with Crippen LogP contribution in [0.15, 0.2) is 72.8 Å². The van der Waals surface area contributed by atoms with E-state index in [4.69, 9.17) is 4.74 Å². The molecule has 0 fully saturated rings. The number of unbranched alkanes of at least 4 members (excludes halogenated alkanes) is 1. The van der Waals surface area contributed by atoms with Gasteiger partial charge in [0.15, 0.2) is 0 Å². The molecule has 152 valence electrons. The molecular formula is C24H23N3O2S. The van der Waals surface area contributed by atoms with Crippen LogP contribution in [0.3, 0.4) is 0 Å². The quantitative estimate of drug-likeness (QED) is 0.326. The molecule has 30 heavy (non-hydrogen) atoms. The lowest BCUT2D eigenvalue weighted by molar-refractivity contribution is 0.262. The highest BCUT2D eigenvalue weighted by molar-refractivity contribution is 7.21. The molecule has 0 aliphatic carbocycles. The van der Waals surface area contributed by atoms with Crippen LogP contribution in [0.2, 0.25) is 0 Å². The van der Waals surface area contributed by atoms with Gasteiger partial charge in [-0.25, -0.2) is 9.78 Å². The first-order chi connectivity index (χ1) is 14.7. The maximum atomic E-state index is 12.3. The van der Waals surface area contributed by atoms with Crippen molar-refractivity contribution in [3.8, 4) is 16.3 Å². The molecule has 0 bridgehead atoms. The monoisotopic (exact) mass is 417 g/mol. The zero-order chi connectivity index (χ0) is 20.8. The summed E-state index contributed by atoms with van der Waals surface area (Å²) in [6, 6.07) is 22.9. The number of carbonyl (C=O) groups is 1. The van der Waals surface area contributed by atoms with E-state index >= 15 is 0 Å². The number of para-hydroxylation sites is 1. The van der Waals surface area contributed by atoms with Gasteiger partial charge in [-0.3, -0.25) is 0 Å². The number of aromatic nitrogens is 1. The number of nitrogens with zero attached hydrogens (tertiary/aromatic N) is 1. The van der Waals surface area contributed by atoms with Gasteiger partial charge in [0, 0.05) is 16.9 Å². The van der Waals surface area contributed by atoms with Gasteiger partial charge in [0.05, 0.1) is 16.8 Å². The average molecular weight is 418 g/mol. The van der Waals surface area contributed by atoms with Crippen LogP contribution < -0.4 is 15.4 Å². The van der Waals surface area contributed by atoms with E-state index in [0.717, 1.165) is 45.1 Å². The molecule has 0 spiro atoms. The van der Waals surface area contributed by atoms with Gasteiger partial charge in [-0.15, -0.1) is 11.3 Å². The van der Waals surface area contributed by atoms with Crippen molar-refractivity contribution in [2.24, 2.45) is 0 Å². The Labute approximate surface area is 179 Å². The number of amides is 2. The van der Waals surface area contributed by atoms with E-state index in [9.17, 15) is 4.79 Å². The lowest BCUT2D eigenvalue weighted by Gasteiger charge is -2.09. The fourth-order valence-corrected chi connectivity index (χ4v) is 3.93. The molecule has 0 aliphatic rings. The predicted molar refractivity (Wildman–Crippen MR) is 125 cm³/mol. The Morgan fingerprint density at radius 3 is 2.27 bits per heavy atom. The fraction of sp³-hybridized carbons (Fsp3) is 0.167. The number of nitrogens with one attached hydrogen (secondary N) is 2. The molecule has 5 nitrogen and oxygen atoms in total. The fourth-order valence-electron chi connectivity index (χ4n) is 2.95. The molecule has 0 unspecified atom stereocenters. The highest BCUT2D eigenvalue weighted by Crippen LogP contribution is 2.30. The third kappa shape index (κ3) is 4.96. The number of thiazole rings is 1. The van der Waals surface area contributed by atoms with Crippen LogP contribution in [0.5, 0.6) is 5.75 Å². The van der Waals surface area contributed by atoms with Gasteiger partial charge >= 0.3 is 6.03 Å². The van der Waals surface area contributed by atoms with Crippen molar-refractivity contribution in [2.75, 3.05) is 17.2 Å². The molecule has 2 N–H and O–H groups in total. The molecule has 0 aliphatic heterocycles. The minimum atomic E-state index is -0.289. The second kappa shape index (κ2) is 9.41. The largest absolute Gasteiger partial charge is 0.494 e. The Morgan fingerprint density at radius 2 is 1.60 bits per heavy atom. The molecular weight excluding hydrogens is 394 g/mol. The van der Waals surface area contributed by atoms with E-state index in [2.05, 4.69) is 28.6 Å². The number of ether oxygens (including phenoxy) is 1. The second-order valence-electron chi connectivity index (χ2n) is 6.87. The summed E-state index contributed by atoms with van der Waals surface area (Å²) >= 11 is 1.66. The number of anilines is 2. The molecule has 0 saturated carbocycles. The molecule has 2 amide bonds. The van der Waals surface area contributed by atoms with Crippen LogP contribution in [0, 0.1) is 0 Å². The normalized spacial score (nSPS) is 10.7. The molecule has 1 aromatic heterocycles. The summed E-state index contributed by atoms with van der Waals surface area (Å²) in [4.78, 5) is 17.0. The molecule has 0 saturated heterocycles. The molecule has 0 atom stereocenters. The third-order valence-electron chi connectivity index (χ3n) is 4.56. The predicted octanol–water partition coefficient (Wildman–Crippen LogP) is 6.79. The molecule has 6 heteroatoms. The molecule has 3 aromatic carbocycles. The standard InChI is InChI=1S/C24H23N3O2S/c1-2-3-16-29-20-14-12-19(13-15-20)26-24(28)25-18-10-8-17(9-11-18)23-27-21-6-4-5-7-22(21)30-23/h4-15H,2-3,16H2,1H3,(H2,25,26,28). The van der Waals surface area contributed by atoms with E-state index in [0.29, 0.717) is 12.3 Å². The van der Waals surface area contributed by atoms with Gasteiger partial charge in [0.25, 0.3) is 0 Å². The highest BCUT2D eigenvalue weighted by Gasteiger charge is 2.07. The Kier molecular flexibility index (Phi) is 6.25. The Balaban J connectivity index is 1.34. The number of benzene rings is 3. The smallest absolute Gasteiger partial charge is 0.323 e. The van der Waals surface area contributed by atoms with Gasteiger partial charge in [0.2, 0.25) is 0 Å². The summed E-state index contributed by atoms with van der Waals surface area (Å²) < 4.78 is 6.80. The number of carbonyl (C=O) groups excluding carboxylic acids is 1. The number of rotatable bonds is 7. The SMILES string of the molecule is CCCCOc1ccc(NC(=O)Nc2ccc(-c3nc4ccccc4s3)cc2)cc1. The van der Waals surface area contributed by atoms with Crippen molar-refractivity contribution in [1.29, 1.82) is 0 Å². The van der Waals surface area contributed by atoms with E-state index in [1.54, 1.807) is 11.3 Å². The van der Waals surface area contributed by atoms with Gasteiger partial charge in [-0.2, -0.15) is 0 Å². The minimum Gasteiger partial charge on any atom is -0.494 e. The van der Waals surface area contributed by atoms with Crippen molar-refractivity contribution in [3.63, 3.8) is 0 Å². The van der Waals surface area contributed by atoms with E-state index in [-0.39, 0.29) is 6.03 Å². The minimum absolute atomic E-state index is 0.289. The summed E-state index contributed by atoms with van der Waals surface area (Å²) in [7, 11) is 0. The van der Waals surface area contributed by atoms with Gasteiger partial charge in [-0.1, -0.05) is 25.5 Å². The Hall–Kier alpha value is -3.38. The van der Waals surface area contributed by atoms with Crippen molar-refractivity contribution in [3.05, 3.63) is 72.8 Å². The Bertz CT molecular complexity index is 1090. The van der Waals surface area contributed by atoms with Crippen LogP contribution in [-0.2, 0) is 0 Å². The van der Waals surface area contributed by atoms with Crippen LogP contribution in [0.1, 0.15) is 19.8 Å². The average Bonchev–Trinajstić information content (AvgIpc) is 3.20. The molecule has 4 aromatic rings. The first-order valence-corrected chi connectivity index (χ1v) is 10.8. The summed E-state index contributed by atoms with van der Waals surface area (Å²) in [6.45, 7) is 2.83. The topological polar surface area (TPSA) is 63.2 Å². The first-order valence-electron chi connectivity index (χ1n) is 9.98. The van der Waals surface area contributed by atoms with Crippen LogP contribution in [0.25, 0.3) is 20.8 Å². The summed E-state index contributed by atoms with van der Waals surface area (Å²) in [5.41, 5.74) is 3.46. The van der Waals surface area contributed by atoms with Crippen LogP contribution >= 0.6 is 11.3 Å². The van der Waals surface area contributed by atoms with Gasteiger partial charge in [0.1, 0.15) is 10.8 Å². The summed E-state index contributed by atoms with van der Waals surface area (Å²) in [6.07, 6.45) is 2.13. The third-order valence-corrected chi connectivity index (χ3v) is 5.65. The first kappa shape index (κ1) is 19.9. The van der Waals surface area contributed by atoms with Gasteiger partial charge in [-0.05, 0) is 67.1 Å². The van der Waals surface area contributed by atoms with Crippen molar-refractivity contribution >= 4 is 39.0 Å². The Morgan fingerprint density at radius 1 is 0.933 bits per heavy atom. The molecule has 1 heterocycles. The molecule has 4 rings (SSSR count). The van der Waals surface area contributed by atoms with E-state index in [1.165, 1.54) is 0 Å². The molecule has 0 radical (unpaired) electrons. The number of hydrogen-bond donors (Lipinski definition) is 2. The maximum Gasteiger partial charge on any atom is 0.323 e. The lowest BCUT2D eigenvalue weighted by atomic mass is 10.2. The van der Waals surface area contributed by atoms with E-state index in [1.807, 2.05) is 66.7 Å². The van der Waals surface area contributed by atoms with Crippen LogP contribution in [-0.4, -0.2) is 17.6 Å². The van der Waals surface area contributed by atoms with Crippen LogP contribution in [0.4, 0.5) is 16.2 Å². The van der Waals surface area contributed by atoms with E-state index < -0.39 is 0 Å².